The molecular weight excluding hydrogens is 390 g/mol. The van der Waals surface area contributed by atoms with Crippen molar-refractivity contribution in [3.8, 4) is 11.4 Å². The number of imidazole rings is 1. The summed E-state index contributed by atoms with van der Waals surface area (Å²) in [6.45, 7) is 1.86. The Labute approximate surface area is 178 Å². The number of H-pyrrole nitrogens is 1. The van der Waals surface area contributed by atoms with Crippen molar-refractivity contribution in [2.24, 2.45) is 5.92 Å². The van der Waals surface area contributed by atoms with Crippen LogP contribution in [0.15, 0.2) is 65.8 Å². The van der Waals surface area contributed by atoms with Gasteiger partial charge in [0.05, 0.1) is 5.56 Å². The monoisotopic (exact) mass is 411 g/mol. The zero-order chi connectivity index (χ0) is 20.9. The van der Waals surface area contributed by atoms with Gasteiger partial charge in [-0.25, -0.2) is 4.98 Å². The molecule has 0 unspecified atom stereocenters. The van der Waals surface area contributed by atoms with Crippen LogP contribution in [0, 0.1) is 5.92 Å². The summed E-state index contributed by atoms with van der Waals surface area (Å²) in [5.41, 5.74) is 2.05. The van der Waals surface area contributed by atoms with E-state index in [4.69, 9.17) is 0 Å². The second kappa shape index (κ2) is 6.91. The van der Waals surface area contributed by atoms with E-state index in [9.17, 15) is 9.59 Å². The average Bonchev–Trinajstić information content (AvgIpc) is 3.33. The van der Waals surface area contributed by atoms with Crippen molar-refractivity contribution < 1.29 is 4.79 Å². The molecule has 0 spiro atoms. The number of pyridine rings is 2. The number of piperidine rings is 1. The van der Waals surface area contributed by atoms with Crippen LogP contribution in [-0.2, 0) is 6.54 Å². The zero-order valence-corrected chi connectivity index (χ0v) is 16.9. The second-order valence-corrected chi connectivity index (χ2v) is 8.45. The number of carbonyl (C=O) groups is 1. The highest BCUT2D eigenvalue weighted by Crippen LogP contribution is 2.36. The molecule has 2 atom stereocenters. The van der Waals surface area contributed by atoms with E-state index in [1.54, 1.807) is 18.6 Å². The van der Waals surface area contributed by atoms with Crippen LogP contribution in [0.3, 0.4) is 0 Å². The van der Waals surface area contributed by atoms with Gasteiger partial charge in [0.15, 0.2) is 0 Å². The molecule has 7 heteroatoms. The lowest BCUT2D eigenvalue weighted by Gasteiger charge is -2.42. The first-order valence-electron chi connectivity index (χ1n) is 10.5. The highest BCUT2D eigenvalue weighted by atomic mass is 16.2. The molecule has 2 aliphatic heterocycles. The molecule has 31 heavy (non-hydrogen) atoms. The predicted octanol–water partition coefficient (Wildman–Crippen LogP) is 3.05. The van der Waals surface area contributed by atoms with Gasteiger partial charge in [-0.15, -0.1) is 0 Å². The Hall–Kier alpha value is -3.74. The molecule has 7 nitrogen and oxygen atoms in total. The van der Waals surface area contributed by atoms with Crippen LogP contribution in [-0.4, -0.2) is 43.4 Å². The van der Waals surface area contributed by atoms with Crippen molar-refractivity contribution in [3.05, 3.63) is 82.8 Å². The number of carbonyl (C=O) groups excluding carboxylic acids is 1. The molecule has 0 aliphatic carbocycles. The van der Waals surface area contributed by atoms with Crippen molar-refractivity contribution in [2.75, 3.05) is 13.1 Å². The topological polar surface area (TPSA) is 83.9 Å². The molecule has 2 bridgehead atoms. The molecule has 5 heterocycles. The third kappa shape index (κ3) is 2.96. The normalized spacial score (nSPS) is 19.9. The molecule has 0 saturated carbocycles. The molecule has 4 aromatic rings. The number of hydrogen-bond acceptors (Lipinski definition) is 4. The maximum Gasteiger partial charge on any atom is 0.272 e. The Morgan fingerprint density at radius 2 is 1.90 bits per heavy atom. The second-order valence-electron chi connectivity index (χ2n) is 8.45. The molecule has 3 aromatic heterocycles. The van der Waals surface area contributed by atoms with Gasteiger partial charge in [-0.05, 0) is 35.9 Å². The minimum atomic E-state index is -0.0385. The lowest BCUT2D eigenvalue weighted by Crippen LogP contribution is -2.49. The summed E-state index contributed by atoms with van der Waals surface area (Å²) in [4.78, 5) is 39.9. The SMILES string of the molecule is O=C(c1cc2ccccc2cn1)N1C[C@@H]2C[C@H](C1)c1ccc(-c3ncc[nH]3)c(=O)n1C2. The molecular formula is C24H21N5O2. The van der Waals surface area contributed by atoms with Crippen LogP contribution in [0.2, 0.25) is 0 Å². The predicted molar refractivity (Wildman–Crippen MR) is 117 cm³/mol. The van der Waals surface area contributed by atoms with Gasteiger partial charge in [-0.2, -0.15) is 0 Å². The Bertz CT molecular complexity index is 1360. The summed E-state index contributed by atoms with van der Waals surface area (Å²) in [6, 6.07) is 13.7. The summed E-state index contributed by atoms with van der Waals surface area (Å²) in [7, 11) is 0. The summed E-state index contributed by atoms with van der Waals surface area (Å²) in [6.07, 6.45) is 6.13. The van der Waals surface area contributed by atoms with E-state index < -0.39 is 0 Å². The Balaban J connectivity index is 1.31. The van der Waals surface area contributed by atoms with Crippen molar-refractivity contribution in [1.29, 1.82) is 0 Å². The van der Waals surface area contributed by atoms with Gasteiger partial charge in [0.2, 0.25) is 0 Å². The summed E-state index contributed by atoms with van der Waals surface area (Å²) >= 11 is 0. The first-order valence-corrected chi connectivity index (χ1v) is 10.5. The van der Waals surface area contributed by atoms with Crippen LogP contribution in [0.4, 0.5) is 0 Å². The molecule has 154 valence electrons. The van der Waals surface area contributed by atoms with E-state index in [0.717, 1.165) is 22.9 Å². The third-order valence-corrected chi connectivity index (χ3v) is 6.49. The van der Waals surface area contributed by atoms with Crippen LogP contribution >= 0.6 is 0 Å². The van der Waals surface area contributed by atoms with Crippen molar-refractivity contribution in [1.82, 2.24) is 24.4 Å². The fourth-order valence-corrected chi connectivity index (χ4v) is 5.07. The molecule has 1 fully saturated rings. The van der Waals surface area contributed by atoms with Crippen LogP contribution in [0.25, 0.3) is 22.2 Å². The fraction of sp³-hybridized carbons (Fsp3) is 0.250. The highest BCUT2D eigenvalue weighted by Gasteiger charge is 2.37. The summed E-state index contributed by atoms with van der Waals surface area (Å²) < 4.78 is 1.88. The molecule has 1 aromatic carbocycles. The highest BCUT2D eigenvalue weighted by molar-refractivity contribution is 5.96. The third-order valence-electron chi connectivity index (χ3n) is 6.49. The lowest BCUT2D eigenvalue weighted by atomic mass is 9.82. The number of aromatic amines is 1. The number of nitrogens with one attached hydrogen (secondary N) is 1. The first kappa shape index (κ1) is 18.1. The fourth-order valence-electron chi connectivity index (χ4n) is 5.07. The summed E-state index contributed by atoms with van der Waals surface area (Å²) in [5, 5.41) is 2.04. The van der Waals surface area contributed by atoms with E-state index in [2.05, 4.69) is 15.0 Å². The molecule has 2 aliphatic rings. The van der Waals surface area contributed by atoms with E-state index >= 15 is 0 Å². The van der Waals surface area contributed by atoms with Gasteiger partial charge < -0.3 is 14.5 Å². The van der Waals surface area contributed by atoms with Gasteiger partial charge >= 0.3 is 0 Å². The molecule has 1 amide bonds. The Morgan fingerprint density at radius 3 is 2.74 bits per heavy atom. The number of likely N-dealkylation sites (tertiary alicyclic amines) is 1. The zero-order valence-electron chi connectivity index (χ0n) is 16.9. The maximum absolute atomic E-state index is 13.2. The number of nitrogens with zero attached hydrogens (tertiary/aromatic N) is 4. The number of hydrogen-bond donors (Lipinski definition) is 1. The Kier molecular flexibility index (Phi) is 4.02. The first-order chi connectivity index (χ1) is 15.2. The van der Waals surface area contributed by atoms with E-state index in [1.165, 1.54) is 0 Å². The van der Waals surface area contributed by atoms with Gasteiger partial charge in [0.25, 0.3) is 11.5 Å². The smallest absolute Gasteiger partial charge is 0.272 e. The largest absolute Gasteiger partial charge is 0.344 e. The number of fused-ring (bicyclic) bond motifs is 5. The van der Waals surface area contributed by atoms with Crippen LogP contribution in [0.1, 0.15) is 28.5 Å². The maximum atomic E-state index is 13.2. The van der Waals surface area contributed by atoms with Gasteiger partial charge in [-0.3, -0.25) is 14.6 Å². The standard InChI is InChI=1S/C24H21N5O2/c30-23-19(22-25-7-8-26-22)5-6-21-18-9-15(13-29(21)23)12-28(14-18)24(31)20-10-16-3-1-2-4-17(16)11-27-20/h1-8,10-11,15,18H,9,12-14H2,(H,25,26)/t15-,18+/m0/s1. The minimum absolute atomic E-state index is 0.0156. The van der Waals surface area contributed by atoms with Gasteiger partial charge in [-0.1, -0.05) is 24.3 Å². The van der Waals surface area contributed by atoms with Crippen LogP contribution < -0.4 is 5.56 Å². The Morgan fingerprint density at radius 1 is 1.03 bits per heavy atom. The molecule has 1 N–H and O–H groups in total. The van der Waals surface area contributed by atoms with Gasteiger partial charge in [0.1, 0.15) is 11.5 Å². The van der Waals surface area contributed by atoms with Gasteiger partial charge in [0, 0.05) is 55.2 Å². The lowest BCUT2D eigenvalue weighted by molar-refractivity contribution is 0.0589. The van der Waals surface area contributed by atoms with Crippen LogP contribution in [0.5, 0.6) is 0 Å². The van der Waals surface area contributed by atoms with E-state index in [1.807, 2.05) is 51.9 Å². The van der Waals surface area contributed by atoms with E-state index in [0.29, 0.717) is 36.7 Å². The number of rotatable bonds is 2. The minimum Gasteiger partial charge on any atom is -0.344 e. The average molecular weight is 411 g/mol. The van der Waals surface area contributed by atoms with Crippen molar-refractivity contribution >= 4 is 16.7 Å². The molecule has 1 saturated heterocycles. The van der Waals surface area contributed by atoms with Crippen molar-refractivity contribution in [3.63, 3.8) is 0 Å². The van der Waals surface area contributed by atoms with E-state index in [-0.39, 0.29) is 23.3 Å². The number of aromatic nitrogens is 4. The number of amides is 1. The quantitative estimate of drug-likeness (QED) is 0.550. The molecule has 6 rings (SSSR count). The molecule has 0 radical (unpaired) electrons. The summed E-state index contributed by atoms with van der Waals surface area (Å²) in [5.74, 6) is 0.953. The number of benzene rings is 1. The van der Waals surface area contributed by atoms with Crippen molar-refractivity contribution in [2.45, 2.75) is 18.9 Å².